The number of aromatic nitrogens is 1. The van der Waals surface area contributed by atoms with Gasteiger partial charge in [-0.2, -0.15) is 13.2 Å². The van der Waals surface area contributed by atoms with Gasteiger partial charge in [0.05, 0.1) is 5.69 Å². The van der Waals surface area contributed by atoms with Crippen molar-refractivity contribution in [2.45, 2.75) is 12.3 Å². The minimum Gasteiger partial charge on any atom is -0.354 e. The summed E-state index contributed by atoms with van der Waals surface area (Å²) in [6, 6.07) is 8.43. The summed E-state index contributed by atoms with van der Waals surface area (Å²) in [5.74, 6) is 0. The van der Waals surface area contributed by atoms with Gasteiger partial charge >= 0.3 is 6.18 Å². The highest BCUT2D eigenvalue weighted by atomic mass is 19.4. The van der Waals surface area contributed by atoms with Gasteiger partial charge in [0.15, 0.2) is 6.10 Å². The molecule has 1 heterocycles. The Kier molecular flexibility index (Phi) is 2.87. The molecule has 1 atom stereocenters. The van der Waals surface area contributed by atoms with E-state index in [0.29, 0.717) is 5.52 Å². The molecule has 1 aromatic heterocycles. The molecule has 0 saturated heterocycles. The van der Waals surface area contributed by atoms with Crippen LogP contribution in [0.25, 0.3) is 10.9 Å². The van der Waals surface area contributed by atoms with Crippen LogP contribution < -0.4 is 0 Å². The first-order chi connectivity index (χ1) is 7.95. The Morgan fingerprint density at radius 1 is 1.29 bits per heavy atom. The van der Waals surface area contributed by atoms with Crippen LogP contribution in [0.2, 0.25) is 0 Å². The summed E-state index contributed by atoms with van der Waals surface area (Å²) < 4.78 is 43.6. The van der Waals surface area contributed by atoms with Crippen LogP contribution in [0.3, 0.4) is 0 Å². The monoisotopic (exact) mass is 241 g/mol. The topological polar surface area (TPSA) is 14.2 Å². The second-order valence-corrected chi connectivity index (χ2v) is 3.74. The van der Waals surface area contributed by atoms with Crippen molar-refractivity contribution in [1.82, 2.24) is 4.57 Å². The molecular formula is C12H10F3NO. The number of ether oxygens (including phenoxy) is 1. The highest BCUT2D eigenvalue weighted by molar-refractivity contribution is 5.81. The second-order valence-electron chi connectivity index (χ2n) is 3.74. The summed E-state index contributed by atoms with van der Waals surface area (Å²) in [5.41, 5.74) is 0.690. The molecule has 5 heteroatoms. The van der Waals surface area contributed by atoms with Gasteiger partial charge in [-0.05, 0) is 17.5 Å². The van der Waals surface area contributed by atoms with Crippen LogP contribution in [-0.2, 0) is 11.8 Å². The van der Waals surface area contributed by atoms with Crippen molar-refractivity contribution in [3.05, 3.63) is 43.1 Å². The van der Waals surface area contributed by atoms with Crippen molar-refractivity contribution >= 4 is 10.9 Å². The van der Waals surface area contributed by atoms with Crippen molar-refractivity contribution < 1.29 is 17.9 Å². The summed E-state index contributed by atoms with van der Waals surface area (Å²) in [6.07, 6.45) is -6.64. The van der Waals surface area contributed by atoms with Crippen molar-refractivity contribution in [3.8, 4) is 0 Å². The van der Waals surface area contributed by atoms with Gasteiger partial charge in [-0.1, -0.05) is 18.2 Å². The van der Waals surface area contributed by atoms with Gasteiger partial charge in [0, 0.05) is 12.6 Å². The minimum atomic E-state index is -4.53. The lowest BCUT2D eigenvalue weighted by atomic mass is 10.2. The third-order valence-corrected chi connectivity index (χ3v) is 2.69. The molecule has 2 nitrogen and oxygen atoms in total. The van der Waals surface area contributed by atoms with Crippen molar-refractivity contribution in [2.75, 3.05) is 0 Å². The lowest BCUT2D eigenvalue weighted by Gasteiger charge is -2.19. The molecule has 0 spiro atoms. The highest BCUT2D eigenvalue weighted by Crippen LogP contribution is 2.37. The predicted octanol–water partition coefficient (Wildman–Crippen LogP) is 3.47. The number of fused-ring (bicyclic) bond motifs is 1. The third-order valence-electron chi connectivity index (χ3n) is 2.69. The summed E-state index contributed by atoms with van der Waals surface area (Å²) >= 11 is 0. The van der Waals surface area contributed by atoms with Crippen LogP contribution in [0, 0.1) is 7.11 Å². The average Bonchev–Trinajstić information content (AvgIpc) is 2.56. The molecule has 0 fully saturated rings. The maximum absolute atomic E-state index is 12.7. The Morgan fingerprint density at radius 3 is 2.47 bits per heavy atom. The second kappa shape index (κ2) is 4.07. The summed E-state index contributed by atoms with van der Waals surface area (Å²) in [4.78, 5) is 0. The van der Waals surface area contributed by atoms with Crippen LogP contribution in [0.15, 0.2) is 30.3 Å². The highest BCUT2D eigenvalue weighted by Gasteiger charge is 2.43. The van der Waals surface area contributed by atoms with E-state index in [1.807, 2.05) is 0 Å². The van der Waals surface area contributed by atoms with E-state index in [1.165, 1.54) is 10.6 Å². The Labute approximate surface area is 96.6 Å². The number of hydrogen-bond donors (Lipinski definition) is 0. The zero-order chi connectivity index (χ0) is 12.6. The average molecular weight is 241 g/mol. The lowest BCUT2D eigenvalue weighted by Crippen LogP contribution is -2.23. The molecule has 0 aliphatic carbocycles. The number of benzene rings is 1. The molecule has 0 bridgehead atoms. The third kappa shape index (κ3) is 2.02. The molecule has 0 amide bonds. The zero-order valence-electron chi connectivity index (χ0n) is 9.03. The number of para-hydroxylation sites is 1. The van der Waals surface area contributed by atoms with Gasteiger partial charge in [-0.3, -0.25) is 0 Å². The molecule has 2 aromatic rings. The molecule has 2 radical (unpaired) electrons. The van der Waals surface area contributed by atoms with Crippen LogP contribution in [0.5, 0.6) is 0 Å². The van der Waals surface area contributed by atoms with Gasteiger partial charge in [-0.25, -0.2) is 0 Å². The predicted molar refractivity (Wildman–Crippen MR) is 57.1 cm³/mol. The van der Waals surface area contributed by atoms with Crippen LogP contribution in [0.4, 0.5) is 13.2 Å². The quantitative estimate of drug-likeness (QED) is 0.785. The van der Waals surface area contributed by atoms with E-state index in [2.05, 4.69) is 4.74 Å². The molecule has 1 aromatic carbocycles. The van der Waals surface area contributed by atoms with Gasteiger partial charge < -0.3 is 9.30 Å². The maximum Gasteiger partial charge on any atom is 0.420 e. The van der Waals surface area contributed by atoms with Gasteiger partial charge in [0.2, 0.25) is 0 Å². The Balaban J connectivity index is 2.58. The van der Waals surface area contributed by atoms with E-state index in [-0.39, 0.29) is 5.69 Å². The molecule has 0 aliphatic heterocycles. The van der Waals surface area contributed by atoms with E-state index in [0.717, 1.165) is 5.39 Å². The fraction of sp³-hybridized carbons (Fsp3) is 0.250. The fourth-order valence-electron chi connectivity index (χ4n) is 1.88. The van der Waals surface area contributed by atoms with E-state index in [9.17, 15) is 13.2 Å². The number of aryl methyl sites for hydroxylation is 1. The van der Waals surface area contributed by atoms with Crippen LogP contribution >= 0.6 is 0 Å². The standard InChI is InChI=1S/C12H10F3NO/c1-16-9-6-4-3-5-8(9)7-10(16)11(17-2)12(13,14)15/h2-7,11H,1H3. The number of halogens is 3. The Hall–Kier alpha value is -1.49. The molecule has 0 saturated carbocycles. The smallest absolute Gasteiger partial charge is 0.354 e. The number of rotatable bonds is 2. The van der Waals surface area contributed by atoms with E-state index < -0.39 is 12.3 Å². The maximum atomic E-state index is 12.7. The molecular weight excluding hydrogens is 231 g/mol. The van der Waals surface area contributed by atoms with E-state index in [4.69, 9.17) is 7.11 Å². The van der Waals surface area contributed by atoms with Crippen molar-refractivity contribution in [3.63, 3.8) is 0 Å². The normalized spacial score (nSPS) is 14.2. The molecule has 90 valence electrons. The van der Waals surface area contributed by atoms with E-state index >= 15 is 0 Å². The largest absolute Gasteiger partial charge is 0.420 e. The summed E-state index contributed by atoms with van der Waals surface area (Å²) in [7, 11) is 6.30. The Morgan fingerprint density at radius 2 is 1.94 bits per heavy atom. The van der Waals surface area contributed by atoms with Gasteiger partial charge in [0.25, 0.3) is 0 Å². The molecule has 0 N–H and O–H groups in total. The first-order valence-electron chi connectivity index (χ1n) is 4.91. The van der Waals surface area contributed by atoms with Crippen molar-refractivity contribution in [1.29, 1.82) is 0 Å². The van der Waals surface area contributed by atoms with Crippen LogP contribution in [0.1, 0.15) is 11.8 Å². The summed E-state index contributed by atoms with van der Waals surface area (Å²) in [5, 5.41) is 0.719. The van der Waals surface area contributed by atoms with Gasteiger partial charge in [0.1, 0.15) is 7.11 Å². The summed E-state index contributed by atoms with van der Waals surface area (Å²) in [6.45, 7) is 0. The molecule has 17 heavy (non-hydrogen) atoms. The molecule has 2 rings (SSSR count). The lowest BCUT2D eigenvalue weighted by molar-refractivity contribution is -0.211. The Bertz CT molecular complexity index is 530. The number of nitrogens with zero attached hydrogens (tertiary/aromatic N) is 1. The molecule has 1 unspecified atom stereocenters. The fourth-order valence-corrected chi connectivity index (χ4v) is 1.88. The first-order valence-corrected chi connectivity index (χ1v) is 4.91. The number of hydrogen-bond acceptors (Lipinski definition) is 1. The van der Waals surface area contributed by atoms with Crippen LogP contribution in [-0.4, -0.2) is 10.7 Å². The van der Waals surface area contributed by atoms with Crippen molar-refractivity contribution in [2.24, 2.45) is 7.05 Å². The van der Waals surface area contributed by atoms with Gasteiger partial charge in [-0.15, -0.1) is 0 Å². The first kappa shape index (κ1) is 12.0. The minimum absolute atomic E-state index is 0.0128. The zero-order valence-corrected chi connectivity index (χ0v) is 9.03. The van der Waals surface area contributed by atoms with E-state index in [1.54, 1.807) is 31.3 Å². The SMILES string of the molecule is [CH]OC(c1cc2ccccc2n1C)C(F)(F)F. The number of alkyl halides is 3. The molecule has 0 aliphatic rings.